The second kappa shape index (κ2) is 27.1. The molecule has 48 heavy (non-hydrogen) atoms. The predicted octanol–water partition coefficient (Wildman–Crippen LogP) is 9.40. The Kier molecular flexibility index (Phi) is 25.0. The summed E-state index contributed by atoms with van der Waals surface area (Å²) >= 11 is 0. The highest BCUT2D eigenvalue weighted by atomic mass is 16.4. The van der Waals surface area contributed by atoms with Gasteiger partial charge >= 0.3 is 0 Å². The largest absolute Gasteiger partial charge is 0.382 e. The molecule has 1 aliphatic rings. The number of aliphatic hydroxyl groups is 3. The first-order chi connectivity index (χ1) is 23.2. The summed E-state index contributed by atoms with van der Waals surface area (Å²) in [5, 5.41) is 33.7. The van der Waals surface area contributed by atoms with Crippen LogP contribution >= 0.6 is 0 Å². The SMILES string of the molecule is CCCCCC/C=C\CCCCCCCC(=O)C(O)(C(O)C(=O)CCCCCCCCCCCCCCCCC)C1(O)C(=O)CCC1=O. The first-order valence-corrected chi connectivity index (χ1v) is 20.1. The molecule has 2 unspecified atom stereocenters. The number of carbonyl (C=O) groups excluding carboxylic acids is 4. The molecule has 1 fully saturated rings. The van der Waals surface area contributed by atoms with Gasteiger partial charge in [0.15, 0.2) is 34.8 Å². The van der Waals surface area contributed by atoms with Gasteiger partial charge in [-0.2, -0.15) is 0 Å². The summed E-state index contributed by atoms with van der Waals surface area (Å²) in [5.41, 5.74) is -6.25. The highest BCUT2D eigenvalue weighted by molar-refractivity contribution is 6.21. The molecule has 0 heterocycles. The number of allylic oxidation sites excluding steroid dienone is 2. The molecule has 2 atom stereocenters. The number of rotatable bonds is 33. The van der Waals surface area contributed by atoms with Crippen LogP contribution in [0.5, 0.6) is 0 Å². The normalized spacial score (nSPS) is 16.5. The Bertz CT molecular complexity index is 910. The number of ketones is 4. The van der Waals surface area contributed by atoms with E-state index in [-0.39, 0.29) is 25.7 Å². The van der Waals surface area contributed by atoms with Crippen LogP contribution in [0, 0.1) is 0 Å². The number of hydrogen-bond acceptors (Lipinski definition) is 7. The Morgan fingerprint density at radius 2 is 0.938 bits per heavy atom. The third kappa shape index (κ3) is 15.9. The average Bonchev–Trinajstić information content (AvgIpc) is 3.35. The van der Waals surface area contributed by atoms with Crippen LogP contribution in [0.3, 0.4) is 0 Å². The van der Waals surface area contributed by atoms with E-state index >= 15 is 0 Å². The summed E-state index contributed by atoms with van der Waals surface area (Å²) in [5.74, 6) is -3.86. The molecule has 7 nitrogen and oxygen atoms in total. The van der Waals surface area contributed by atoms with Gasteiger partial charge in [0, 0.05) is 25.7 Å². The second-order valence-corrected chi connectivity index (χ2v) is 14.4. The third-order valence-corrected chi connectivity index (χ3v) is 10.3. The summed E-state index contributed by atoms with van der Waals surface area (Å²) in [4.78, 5) is 51.7. The van der Waals surface area contributed by atoms with Gasteiger partial charge in [0.2, 0.25) is 5.60 Å². The first-order valence-electron chi connectivity index (χ1n) is 20.1. The van der Waals surface area contributed by atoms with Gasteiger partial charge in [-0.25, -0.2) is 0 Å². The Labute approximate surface area is 293 Å². The summed E-state index contributed by atoms with van der Waals surface area (Å²) < 4.78 is 0. The van der Waals surface area contributed by atoms with Crippen molar-refractivity contribution in [3.05, 3.63) is 12.2 Å². The molecule has 0 saturated heterocycles. The molecule has 0 bridgehead atoms. The molecule has 0 spiro atoms. The third-order valence-electron chi connectivity index (χ3n) is 10.3. The van der Waals surface area contributed by atoms with Gasteiger partial charge in [-0.1, -0.05) is 154 Å². The number of Topliss-reactive ketones (excluding diaryl/α,β-unsaturated/α-hetero) is 4. The van der Waals surface area contributed by atoms with E-state index in [1.165, 1.54) is 89.9 Å². The number of carbonyl (C=O) groups is 4. The van der Waals surface area contributed by atoms with Crippen LogP contribution in [0.25, 0.3) is 0 Å². The molecule has 7 heteroatoms. The van der Waals surface area contributed by atoms with E-state index < -0.39 is 40.4 Å². The average molecular weight is 677 g/mol. The van der Waals surface area contributed by atoms with Crippen LogP contribution in [-0.2, 0) is 19.2 Å². The van der Waals surface area contributed by atoms with Crippen molar-refractivity contribution in [2.75, 3.05) is 0 Å². The zero-order valence-electron chi connectivity index (χ0n) is 30.9. The van der Waals surface area contributed by atoms with Crippen molar-refractivity contribution >= 4 is 23.1 Å². The Hall–Kier alpha value is -1.70. The lowest BCUT2D eigenvalue weighted by Crippen LogP contribution is -2.72. The fourth-order valence-electron chi connectivity index (χ4n) is 6.96. The quantitative estimate of drug-likeness (QED) is 0.0359. The summed E-state index contributed by atoms with van der Waals surface area (Å²) in [6, 6.07) is 0. The number of unbranched alkanes of at least 4 members (excludes halogenated alkanes) is 23. The molecular formula is C41H72O7. The molecular weight excluding hydrogens is 604 g/mol. The zero-order chi connectivity index (χ0) is 35.5. The maximum atomic E-state index is 13.4. The lowest BCUT2D eigenvalue weighted by atomic mass is 9.70. The van der Waals surface area contributed by atoms with Crippen LogP contribution in [-0.4, -0.2) is 55.8 Å². The van der Waals surface area contributed by atoms with Crippen molar-refractivity contribution in [2.24, 2.45) is 0 Å². The molecule has 0 aromatic heterocycles. The minimum atomic E-state index is -3.16. The van der Waals surface area contributed by atoms with Gasteiger partial charge in [0.1, 0.15) is 0 Å². The van der Waals surface area contributed by atoms with Crippen LogP contribution in [0.4, 0.5) is 0 Å². The van der Waals surface area contributed by atoms with Crippen LogP contribution in [0.2, 0.25) is 0 Å². The number of hydrogen-bond donors (Lipinski definition) is 3. The monoisotopic (exact) mass is 677 g/mol. The molecule has 278 valence electrons. The second-order valence-electron chi connectivity index (χ2n) is 14.4. The van der Waals surface area contributed by atoms with Gasteiger partial charge in [-0.3, -0.25) is 19.2 Å². The van der Waals surface area contributed by atoms with Crippen molar-refractivity contribution in [1.82, 2.24) is 0 Å². The van der Waals surface area contributed by atoms with E-state index in [4.69, 9.17) is 0 Å². The van der Waals surface area contributed by atoms with E-state index in [2.05, 4.69) is 26.0 Å². The highest BCUT2D eigenvalue weighted by Crippen LogP contribution is 2.38. The fourth-order valence-corrected chi connectivity index (χ4v) is 6.96. The summed E-state index contributed by atoms with van der Waals surface area (Å²) in [6.07, 6.45) is 29.8. The predicted molar refractivity (Wildman–Crippen MR) is 195 cm³/mol. The van der Waals surface area contributed by atoms with E-state index in [9.17, 15) is 34.5 Å². The molecule has 0 radical (unpaired) electrons. The zero-order valence-corrected chi connectivity index (χ0v) is 30.9. The van der Waals surface area contributed by atoms with Crippen molar-refractivity contribution < 1.29 is 34.5 Å². The van der Waals surface area contributed by atoms with E-state index in [1.807, 2.05) is 0 Å². The van der Waals surface area contributed by atoms with E-state index in [1.54, 1.807) is 0 Å². The van der Waals surface area contributed by atoms with Gasteiger partial charge < -0.3 is 15.3 Å². The molecule has 0 aromatic rings. The van der Waals surface area contributed by atoms with Crippen molar-refractivity contribution in [3.63, 3.8) is 0 Å². The molecule has 1 saturated carbocycles. The number of aliphatic hydroxyl groups excluding tert-OH is 1. The van der Waals surface area contributed by atoms with Crippen molar-refractivity contribution in [3.8, 4) is 0 Å². The summed E-state index contributed by atoms with van der Waals surface area (Å²) in [6.45, 7) is 4.45. The first kappa shape index (κ1) is 44.3. The fraction of sp³-hybridized carbons (Fsp3) is 0.854. The van der Waals surface area contributed by atoms with Crippen LogP contribution in [0.1, 0.15) is 206 Å². The minimum absolute atomic E-state index is 0.0966. The van der Waals surface area contributed by atoms with E-state index in [0.717, 1.165) is 57.8 Å². The molecule has 0 aromatic carbocycles. The van der Waals surface area contributed by atoms with Crippen molar-refractivity contribution in [1.29, 1.82) is 0 Å². The Balaban J connectivity index is 2.43. The maximum absolute atomic E-state index is 13.4. The van der Waals surface area contributed by atoms with Gasteiger partial charge in [0.25, 0.3) is 0 Å². The van der Waals surface area contributed by atoms with E-state index in [0.29, 0.717) is 19.3 Å². The lowest BCUT2D eigenvalue weighted by Gasteiger charge is -2.40. The van der Waals surface area contributed by atoms with Gasteiger partial charge in [-0.15, -0.1) is 0 Å². The van der Waals surface area contributed by atoms with Gasteiger partial charge in [-0.05, 0) is 38.5 Å². The van der Waals surface area contributed by atoms with Gasteiger partial charge in [0.05, 0.1) is 0 Å². The lowest BCUT2D eigenvalue weighted by molar-refractivity contribution is -0.202. The smallest absolute Gasteiger partial charge is 0.220 e. The van der Waals surface area contributed by atoms with Crippen LogP contribution in [0.15, 0.2) is 12.2 Å². The standard InChI is InChI=1S/C41H72O7/c1-3-5-7-9-11-13-15-17-18-20-21-23-25-27-29-31-35(42)39(46)41(48,40(47)37(44)33-34-38(40)45)36(43)32-30-28-26-24-22-19-16-14-12-10-8-6-4-2/h14,16,39,46-48H,3-13,15,17-34H2,1-2H3/b16-14-. The van der Waals surface area contributed by atoms with Crippen LogP contribution < -0.4 is 0 Å². The Morgan fingerprint density at radius 1 is 0.604 bits per heavy atom. The molecule has 0 aliphatic heterocycles. The summed E-state index contributed by atoms with van der Waals surface area (Å²) in [7, 11) is 0. The molecule has 0 amide bonds. The van der Waals surface area contributed by atoms with Crippen molar-refractivity contribution in [2.45, 2.75) is 224 Å². The Morgan fingerprint density at radius 3 is 1.35 bits per heavy atom. The minimum Gasteiger partial charge on any atom is -0.382 e. The maximum Gasteiger partial charge on any atom is 0.220 e. The highest BCUT2D eigenvalue weighted by Gasteiger charge is 2.69. The topological polar surface area (TPSA) is 129 Å². The molecule has 3 N–H and O–H groups in total. The molecule has 1 rings (SSSR count). The molecule has 1 aliphatic carbocycles.